The summed E-state index contributed by atoms with van der Waals surface area (Å²) in [5.41, 5.74) is 1.71. The van der Waals surface area contributed by atoms with E-state index < -0.39 is 6.10 Å². The third-order valence-electron chi connectivity index (χ3n) is 3.47. The van der Waals surface area contributed by atoms with Crippen molar-refractivity contribution in [2.24, 2.45) is 0 Å². The quantitative estimate of drug-likeness (QED) is 0.746. The van der Waals surface area contributed by atoms with Crippen LogP contribution in [0, 0.1) is 6.92 Å². The van der Waals surface area contributed by atoms with Crippen LogP contribution in [0.2, 0.25) is 0 Å². The highest BCUT2D eigenvalue weighted by molar-refractivity contribution is 5.54. The first-order valence-corrected chi connectivity index (χ1v) is 7.52. The van der Waals surface area contributed by atoms with Crippen molar-refractivity contribution in [2.75, 3.05) is 0 Å². The van der Waals surface area contributed by atoms with Crippen molar-refractivity contribution in [2.45, 2.75) is 39.2 Å². The van der Waals surface area contributed by atoms with E-state index in [1.807, 2.05) is 24.3 Å². The summed E-state index contributed by atoms with van der Waals surface area (Å²) in [4.78, 5) is 8.54. The normalized spacial score (nSPS) is 12.5. The van der Waals surface area contributed by atoms with E-state index in [1.165, 1.54) is 0 Å². The van der Waals surface area contributed by atoms with Gasteiger partial charge in [0, 0.05) is 18.4 Å². The molecule has 2 aromatic heterocycles. The van der Waals surface area contributed by atoms with E-state index in [2.05, 4.69) is 20.3 Å². The van der Waals surface area contributed by atoms with Gasteiger partial charge in [-0.3, -0.25) is 0 Å². The van der Waals surface area contributed by atoms with Gasteiger partial charge in [-0.25, -0.2) is 0 Å². The zero-order valence-electron chi connectivity index (χ0n) is 13.1. The summed E-state index contributed by atoms with van der Waals surface area (Å²) >= 11 is 0. The minimum absolute atomic E-state index is 0.488. The molecule has 3 rings (SSSR count). The molecule has 0 aliphatic rings. The van der Waals surface area contributed by atoms with Crippen LogP contribution in [-0.4, -0.2) is 25.4 Å². The van der Waals surface area contributed by atoms with Crippen LogP contribution in [0.4, 0.5) is 0 Å². The van der Waals surface area contributed by atoms with Crippen LogP contribution in [0.1, 0.15) is 42.6 Å². The molecular formula is C16H18N4O3. The molecule has 0 amide bonds. The predicted octanol–water partition coefficient (Wildman–Crippen LogP) is 2.66. The van der Waals surface area contributed by atoms with Gasteiger partial charge in [0.25, 0.3) is 0 Å². The predicted molar refractivity (Wildman–Crippen MR) is 81.4 cm³/mol. The molecule has 0 saturated carbocycles. The van der Waals surface area contributed by atoms with Crippen molar-refractivity contribution < 1.29 is 14.2 Å². The van der Waals surface area contributed by atoms with E-state index in [0.717, 1.165) is 17.5 Å². The Balaban J connectivity index is 1.59. The highest BCUT2D eigenvalue weighted by atomic mass is 16.5. The molecule has 0 aliphatic heterocycles. The number of hydrogen-bond donors (Lipinski definition) is 1. The average Bonchev–Trinajstić information content (AvgIpc) is 3.17. The van der Waals surface area contributed by atoms with Crippen LogP contribution in [0.25, 0.3) is 11.4 Å². The monoisotopic (exact) mass is 314 g/mol. The van der Waals surface area contributed by atoms with Crippen LogP contribution in [0.15, 0.2) is 33.3 Å². The van der Waals surface area contributed by atoms with Crippen molar-refractivity contribution in [3.63, 3.8) is 0 Å². The largest absolute Gasteiger partial charge is 0.389 e. The fraction of sp³-hybridized carbons (Fsp3) is 0.375. The van der Waals surface area contributed by atoms with Gasteiger partial charge < -0.3 is 14.2 Å². The first kappa shape index (κ1) is 15.4. The Hall–Kier alpha value is -2.54. The Bertz CT molecular complexity index is 762. The van der Waals surface area contributed by atoms with Crippen molar-refractivity contribution in [3.8, 4) is 11.4 Å². The summed E-state index contributed by atoms with van der Waals surface area (Å²) in [5, 5.41) is 17.3. The lowest BCUT2D eigenvalue weighted by molar-refractivity contribution is 0.199. The van der Waals surface area contributed by atoms with Gasteiger partial charge in [0.15, 0.2) is 5.82 Å². The molecule has 0 fully saturated rings. The standard InChI is InChI=1S/C16H18N4O3/c1-10(21)12-6-8-13(9-7-12)16-18-15(23-20-16)5-3-4-14-17-11(2)19-22-14/h6-10,21H,3-5H2,1-2H3/t10-/m1/s1. The second-order valence-electron chi connectivity index (χ2n) is 5.40. The molecule has 2 heterocycles. The molecule has 0 bridgehead atoms. The molecule has 120 valence electrons. The number of aliphatic hydroxyl groups is 1. The fourth-order valence-corrected chi connectivity index (χ4v) is 2.22. The van der Waals surface area contributed by atoms with Gasteiger partial charge in [-0.15, -0.1) is 0 Å². The third-order valence-corrected chi connectivity index (χ3v) is 3.47. The number of aliphatic hydroxyl groups excluding tert-OH is 1. The molecule has 0 spiro atoms. The van der Waals surface area contributed by atoms with Crippen LogP contribution in [0.5, 0.6) is 0 Å². The van der Waals surface area contributed by atoms with Crippen LogP contribution < -0.4 is 0 Å². The first-order valence-electron chi connectivity index (χ1n) is 7.52. The molecule has 1 aromatic carbocycles. The van der Waals surface area contributed by atoms with E-state index in [0.29, 0.717) is 36.3 Å². The average molecular weight is 314 g/mol. The van der Waals surface area contributed by atoms with E-state index >= 15 is 0 Å². The second kappa shape index (κ2) is 6.70. The summed E-state index contributed by atoms with van der Waals surface area (Å²) in [7, 11) is 0. The number of hydrogen-bond acceptors (Lipinski definition) is 7. The third kappa shape index (κ3) is 3.81. The van der Waals surface area contributed by atoms with Crippen LogP contribution in [-0.2, 0) is 12.8 Å². The topological polar surface area (TPSA) is 98.1 Å². The molecule has 1 atom stereocenters. The number of nitrogens with zero attached hydrogens (tertiary/aromatic N) is 4. The van der Waals surface area contributed by atoms with E-state index in [1.54, 1.807) is 13.8 Å². The van der Waals surface area contributed by atoms with Crippen LogP contribution >= 0.6 is 0 Å². The summed E-state index contributed by atoms with van der Waals surface area (Å²) in [6, 6.07) is 7.46. The Labute approximate surface area is 133 Å². The Morgan fingerprint density at radius 2 is 1.65 bits per heavy atom. The zero-order chi connectivity index (χ0) is 16.2. The maximum absolute atomic E-state index is 9.51. The van der Waals surface area contributed by atoms with Crippen molar-refractivity contribution in [1.82, 2.24) is 20.3 Å². The fourth-order valence-electron chi connectivity index (χ4n) is 2.22. The lowest BCUT2D eigenvalue weighted by Crippen LogP contribution is -1.92. The molecule has 0 radical (unpaired) electrons. The van der Waals surface area contributed by atoms with Crippen molar-refractivity contribution in [3.05, 3.63) is 47.4 Å². The van der Waals surface area contributed by atoms with Gasteiger partial charge >= 0.3 is 0 Å². The first-order chi connectivity index (χ1) is 11.1. The van der Waals surface area contributed by atoms with Gasteiger partial charge in [-0.05, 0) is 25.8 Å². The molecular weight excluding hydrogens is 296 g/mol. The summed E-state index contributed by atoms with van der Waals surface area (Å²) in [5.74, 6) is 2.39. The zero-order valence-corrected chi connectivity index (χ0v) is 13.1. The summed E-state index contributed by atoms with van der Waals surface area (Å²) in [6.07, 6.45) is 1.64. The SMILES string of the molecule is Cc1noc(CCCc2nc(-c3ccc([C@@H](C)O)cc3)no2)n1. The second-order valence-corrected chi connectivity index (χ2v) is 5.40. The lowest BCUT2D eigenvalue weighted by atomic mass is 10.1. The molecule has 23 heavy (non-hydrogen) atoms. The molecule has 0 saturated heterocycles. The maximum Gasteiger partial charge on any atom is 0.226 e. The molecule has 3 aromatic rings. The molecule has 7 nitrogen and oxygen atoms in total. The Kier molecular flexibility index (Phi) is 4.47. The van der Waals surface area contributed by atoms with Gasteiger partial charge in [-0.1, -0.05) is 34.6 Å². The van der Waals surface area contributed by atoms with Gasteiger partial charge in [0.05, 0.1) is 6.10 Å². The minimum Gasteiger partial charge on any atom is -0.389 e. The number of benzene rings is 1. The van der Waals surface area contributed by atoms with Gasteiger partial charge in [-0.2, -0.15) is 9.97 Å². The van der Waals surface area contributed by atoms with Crippen molar-refractivity contribution >= 4 is 0 Å². The van der Waals surface area contributed by atoms with E-state index in [-0.39, 0.29) is 0 Å². The van der Waals surface area contributed by atoms with E-state index in [4.69, 9.17) is 9.05 Å². The summed E-state index contributed by atoms with van der Waals surface area (Å²) in [6.45, 7) is 3.52. The lowest BCUT2D eigenvalue weighted by Gasteiger charge is -2.03. The highest BCUT2D eigenvalue weighted by Crippen LogP contribution is 2.20. The number of rotatable bonds is 6. The highest BCUT2D eigenvalue weighted by Gasteiger charge is 2.10. The van der Waals surface area contributed by atoms with Gasteiger partial charge in [0.1, 0.15) is 0 Å². The van der Waals surface area contributed by atoms with Crippen molar-refractivity contribution in [1.29, 1.82) is 0 Å². The number of aryl methyl sites for hydroxylation is 3. The Morgan fingerprint density at radius 1 is 1.00 bits per heavy atom. The minimum atomic E-state index is -0.488. The smallest absolute Gasteiger partial charge is 0.226 e. The maximum atomic E-state index is 9.51. The summed E-state index contributed by atoms with van der Waals surface area (Å²) < 4.78 is 10.3. The van der Waals surface area contributed by atoms with Crippen LogP contribution in [0.3, 0.4) is 0 Å². The molecule has 0 unspecified atom stereocenters. The number of aromatic nitrogens is 4. The van der Waals surface area contributed by atoms with E-state index in [9.17, 15) is 5.11 Å². The molecule has 7 heteroatoms. The van der Waals surface area contributed by atoms with Gasteiger partial charge in [0.2, 0.25) is 17.6 Å². The Morgan fingerprint density at radius 3 is 2.26 bits per heavy atom. The molecule has 0 aliphatic carbocycles. The molecule has 1 N–H and O–H groups in total.